The smallest absolute Gasteiger partial charge is 0.344 e. The Labute approximate surface area is 126 Å². The van der Waals surface area contributed by atoms with Crippen LogP contribution in [0.4, 0.5) is 10.1 Å². The third-order valence-corrected chi connectivity index (χ3v) is 3.41. The van der Waals surface area contributed by atoms with E-state index in [2.05, 4.69) is 5.32 Å². The molecule has 0 fully saturated rings. The van der Waals surface area contributed by atoms with Gasteiger partial charge in [-0.25, -0.2) is 9.18 Å². The van der Waals surface area contributed by atoms with Gasteiger partial charge in [-0.15, -0.1) is 0 Å². The second-order valence-electron chi connectivity index (χ2n) is 4.71. The number of benzene rings is 2. The molecule has 0 amide bonds. The Morgan fingerprint density at radius 3 is 2.68 bits per heavy atom. The van der Waals surface area contributed by atoms with Gasteiger partial charge in [0, 0.05) is 11.3 Å². The molecule has 1 unspecified atom stereocenters. The van der Waals surface area contributed by atoms with Crippen LogP contribution >= 0.6 is 0 Å². The van der Waals surface area contributed by atoms with Crippen LogP contribution in [0.25, 0.3) is 0 Å². The van der Waals surface area contributed by atoms with Gasteiger partial charge in [-0.05, 0) is 30.3 Å². The zero-order valence-corrected chi connectivity index (χ0v) is 12.1. The fourth-order valence-corrected chi connectivity index (χ4v) is 2.44. The van der Waals surface area contributed by atoms with Gasteiger partial charge in [-0.1, -0.05) is 6.07 Å². The summed E-state index contributed by atoms with van der Waals surface area (Å²) in [6.45, 7) is 0. The molecule has 6 heteroatoms. The van der Waals surface area contributed by atoms with E-state index in [0.29, 0.717) is 28.3 Å². The van der Waals surface area contributed by atoms with Crippen LogP contribution in [0, 0.1) is 5.82 Å². The van der Waals surface area contributed by atoms with Crippen LogP contribution in [0.5, 0.6) is 11.5 Å². The highest BCUT2D eigenvalue weighted by Gasteiger charge is 2.35. The van der Waals surface area contributed by atoms with Gasteiger partial charge in [-0.3, -0.25) is 0 Å². The predicted molar refractivity (Wildman–Crippen MR) is 77.7 cm³/mol. The van der Waals surface area contributed by atoms with Crippen molar-refractivity contribution in [3.63, 3.8) is 0 Å². The molecule has 2 aromatic carbocycles. The second-order valence-corrected chi connectivity index (χ2v) is 4.71. The average Bonchev–Trinajstić information content (AvgIpc) is 2.82. The number of ether oxygens (including phenoxy) is 3. The Morgan fingerprint density at radius 1 is 1.18 bits per heavy atom. The maximum Gasteiger partial charge on any atom is 0.344 e. The molecular weight excluding hydrogens is 289 g/mol. The van der Waals surface area contributed by atoms with E-state index >= 15 is 0 Å². The number of rotatable bonds is 4. The average molecular weight is 303 g/mol. The molecule has 3 rings (SSSR count). The van der Waals surface area contributed by atoms with Crippen molar-refractivity contribution >= 4 is 11.7 Å². The van der Waals surface area contributed by atoms with E-state index in [1.807, 2.05) is 0 Å². The molecule has 5 nitrogen and oxygen atoms in total. The molecule has 114 valence electrons. The van der Waals surface area contributed by atoms with Crippen LogP contribution in [0.2, 0.25) is 0 Å². The minimum absolute atomic E-state index is 0.316. The van der Waals surface area contributed by atoms with E-state index in [4.69, 9.17) is 14.2 Å². The molecule has 0 bridgehead atoms. The maximum atomic E-state index is 13.2. The molecule has 22 heavy (non-hydrogen) atoms. The number of anilines is 1. The quantitative estimate of drug-likeness (QED) is 0.879. The van der Waals surface area contributed by atoms with E-state index in [1.165, 1.54) is 26.4 Å². The van der Waals surface area contributed by atoms with E-state index in [9.17, 15) is 9.18 Å². The zero-order chi connectivity index (χ0) is 15.7. The lowest BCUT2D eigenvalue weighted by Crippen LogP contribution is -2.10. The van der Waals surface area contributed by atoms with E-state index in [-0.39, 0.29) is 5.82 Å². The van der Waals surface area contributed by atoms with Crippen LogP contribution < -0.4 is 14.8 Å². The molecule has 1 aliphatic heterocycles. The zero-order valence-electron chi connectivity index (χ0n) is 12.1. The van der Waals surface area contributed by atoms with Crippen LogP contribution in [0.3, 0.4) is 0 Å². The van der Waals surface area contributed by atoms with Gasteiger partial charge >= 0.3 is 5.97 Å². The molecule has 0 aromatic heterocycles. The summed E-state index contributed by atoms with van der Waals surface area (Å²) in [7, 11) is 2.95. The van der Waals surface area contributed by atoms with Gasteiger partial charge < -0.3 is 19.5 Å². The van der Waals surface area contributed by atoms with Gasteiger partial charge in [0.1, 0.15) is 11.4 Å². The maximum absolute atomic E-state index is 13.2. The first-order valence-corrected chi connectivity index (χ1v) is 6.62. The Bertz CT molecular complexity index is 732. The standard InChI is InChI=1S/C16H14FNO4/c1-20-12-7-6-11-13(14(12)21-2)16(19)22-15(11)18-10-5-3-4-9(17)8-10/h3-8,15,18H,1-2H3. The van der Waals surface area contributed by atoms with E-state index in [0.717, 1.165) is 0 Å². The summed E-state index contributed by atoms with van der Waals surface area (Å²) in [5, 5.41) is 2.98. The van der Waals surface area contributed by atoms with Gasteiger partial charge in [0.2, 0.25) is 6.23 Å². The molecule has 0 aliphatic carbocycles. The first-order chi connectivity index (χ1) is 10.6. The van der Waals surface area contributed by atoms with Gasteiger partial charge in [-0.2, -0.15) is 0 Å². The fourth-order valence-electron chi connectivity index (χ4n) is 2.44. The summed E-state index contributed by atoms with van der Waals surface area (Å²) < 4.78 is 29.0. The van der Waals surface area contributed by atoms with Crippen LogP contribution in [0.15, 0.2) is 36.4 Å². The van der Waals surface area contributed by atoms with Crippen molar-refractivity contribution in [3.8, 4) is 11.5 Å². The molecule has 1 N–H and O–H groups in total. The molecule has 0 saturated heterocycles. The van der Waals surface area contributed by atoms with Gasteiger partial charge in [0.25, 0.3) is 0 Å². The third-order valence-electron chi connectivity index (χ3n) is 3.41. The molecule has 2 aromatic rings. The van der Waals surface area contributed by atoms with Crippen LogP contribution in [-0.4, -0.2) is 20.2 Å². The first-order valence-electron chi connectivity index (χ1n) is 6.62. The van der Waals surface area contributed by atoms with Gasteiger partial charge in [0.05, 0.1) is 14.2 Å². The number of carbonyl (C=O) groups is 1. The van der Waals surface area contributed by atoms with Crippen molar-refractivity contribution < 1.29 is 23.4 Å². The Morgan fingerprint density at radius 2 is 2.00 bits per heavy atom. The van der Waals surface area contributed by atoms with Gasteiger partial charge in [0.15, 0.2) is 11.5 Å². The second kappa shape index (κ2) is 5.55. The molecule has 0 spiro atoms. The number of hydrogen-bond donors (Lipinski definition) is 1. The summed E-state index contributed by atoms with van der Waals surface area (Å²) in [5.41, 5.74) is 1.45. The van der Waals surface area contributed by atoms with E-state index in [1.54, 1.807) is 24.3 Å². The lowest BCUT2D eigenvalue weighted by molar-refractivity contribution is 0.0435. The number of hydrogen-bond acceptors (Lipinski definition) is 5. The summed E-state index contributed by atoms with van der Waals surface area (Å²) >= 11 is 0. The molecule has 1 atom stereocenters. The molecular formula is C16H14FNO4. The summed E-state index contributed by atoms with van der Waals surface area (Å²) in [6.07, 6.45) is -0.705. The number of fused-ring (bicyclic) bond motifs is 1. The number of carbonyl (C=O) groups excluding carboxylic acids is 1. The Hall–Kier alpha value is -2.76. The lowest BCUT2D eigenvalue weighted by atomic mass is 10.1. The first kappa shape index (κ1) is 14.2. The largest absolute Gasteiger partial charge is 0.493 e. The van der Waals surface area contributed by atoms with E-state index < -0.39 is 12.2 Å². The highest BCUT2D eigenvalue weighted by atomic mass is 19.1. The molecule has 1 aliphatic rings. The summed E-state index contributed by atoms with van der Waals surface area (Å²) in [5.74, 6) is -0.111. The van der Waals surface area contributed by atoms with Crippen molar-refractivity contribution in [1.82, 2.24) is 0 Å². The number of halogens is 1. The third kappa shape index (κ3) is 2.32. The number of cyclic esters (lactones) is 1. The van der Waals surface area contributed by atoms with Crippen molar-refractivity contribution in [2.75, 3.05) is 19.5 Å². The topological polar surface area (TPSA) is 56.8 Å². The van der Waals surface area contributed by atoms with Crippen LogP contribution in [-0.2, 0) is 4.74 Å². The normalized spacial score (nSPS) is 16.0. The highest BCUT2D eigenvalue weighted by molar-refractivity contribution is 5.98. The SMILES string of the molecule is COc1ccc2c(c1OC)C(=O)OC2Nc1cccc(F)c1. The number of esters is 1. The number of nitrogens with one attached hydrogen (secondary N) is 1. The fraction of sp³-hybridized carbons (Fsp3) is 0.188. The van der Waals surface area contributed by atoms with Crippen molar-refractivity contribution in [1.29, 1.82) is 0 Å². The minimum atomic E-state index is -0.705. The number of methoxy groups -OCH3 is 2. The summed E-state index contributed by atoms with van der Waals surface area (Å²) in [4.78, 5) is 12.1. The Kier molecular flexibility index (Phi) is 3.58. The molecule has 1 heterocycles. The van der Waals surface area contributed by atoms with Crippen molar-refractivity contribution in [2.45, 2.75) is 6.23 Å². The van der Waals surface area contributed by atoms with Crippen molar-refractivity contribution in [2.24, 2.45) is 0 Å². The monoisotopic (exact) mass is 303 g/mol. The predicted octanol–water partition coefficient (Wildman–Crippen LogP) is 3.12. The van der Waals surface area contributed by atoms with Crippen molar-refractivity contribution in [3.05, 3.63) is 53.3 Å². The lowest BCUT2D eigenvalue weighted by Gasteiger charge is -2.15. The highest BCUT2D eigenvalue weighted by Crippen LogP contribution is 2.41. The molecule has 0 saturated carbocycles. The summed E-state index contributed by atoms with van der Waals surface area (Å²) in [6, 6.07) is 9.35. The van der Waals surface area contributed by atoms with Crippen LogP contribution in [0.1, 0.15) is 22.1 Å². The Balaban J connectivity index is 1.98. The molecule has 0 radical (unpaired) electrons. The minimum Gasteiger partial charge on any atom is -0.493 e.